The van der Waals surface area contributed by atoms with Crippen LogP contribution >= 0.6 is 0 Å². The number of carbonyl (C=O) groups excluding carboxylic acids is 1. The molecule has 222 valence electrons. The van der Waals surface area contributed by atoms with Gasteiger partial charge < -0.3 is 15.2 Å². The minimum atomic E-state index is -4.55. The van der Waals surface area contributed by atoms with Gasteiger partial charge in [-0.3, -0.25) is 14.4 Å². The molecule has 0 saturated heterocycles. The van der Waals surface area contributed by atoms with Crippen molar-refractivity contribution in [1.29, 1.82) is 0 Å². The molecule has 13 heteroatoms. The van der Waals surface area contributed by atoms with Crippen molar-refractivity contribution in [3.63, 3.8) is 0 Å². The van der Waals surface area contributed by atoms with Crippen LogP contribution in [0, 0.1) is 18.8 Å². The van der Waals surface area contributed by atoms with Crippen LogP contribution in [-0.4, -0.2) is 36.5 Å². The second kappa shape index (κ2) is 11.2. The Morgan fingerprint density at radius 2 is 1.84 bits per heavy atom. The highest BCUT2D eigenvalue weighted by molar-refractivity contribution is 5.99. The third-order valence-electron chi connectivity index (χ3n) is 6.84. The number of aryl methyl sites for hydroxylation is 1. The van der Waals surface area contributed by atoms with Crippen molar-refractivity contribution in [2.45, 2.75) is 52.3 Å². The highest BCUT2D eigenvalue weighted by Crippen LogP contribution is 2.41. The van der Waals surface area contributed by atoms with E-state index in [4.69, 9.17) is 4.52 Å². The van der Waals surface area contributed by atoms with Crippen LogP contribution in [0.4, 0.5) is 40.8 Å². The zero-order valence-electron chi connectivity index (χ0n) is 24.0. The van der Waals surface area contributed by atoms with Gasteiger partial charge in [-0.1, -0.05) is 17.1 Å². The maximum absolute atomic E-state index is 13.3. The van der Waals surface area contributed by atoms with Crippen LogP contribution in [0.15, 0.2) is 65.7 Å². The molecule has 0 unspecified atom stereocenters. The molecule has 0 spiro atoms. The normalized spacial score (nSPS) is 11.8. The first kappa shape index (κ1) is 29.2. The van der Waals surface area contributed by atoms with E-state index < -0.39 is 23.4 Å². The van der Waals surface area contributed by atoms with E-state index in [9.17, 15) is 18.0 Å². The number of carbonyl (C=O) groups is 1. The predicted molar refractivity (Wildman–Crippen MR) is 156 cm³/mol. The van der Waals surface area contributed by atoms with Crippen molar-refractivity contribution >= 4 is 34.6 Å². The van der Waals surface area contributed by atoms with E-state index in [1.807, 2.05) is 40.5 Å². The number of urea groups is 1. The number of imidazole rings is 1. The van der Waals surface area contributed by atoms with Gasteiger partial charge in [-0.25, -0.2) is 9.78 Å². The van der Waals surface area contributed by atoms with Crippen molar-refractivity contribution in [2.75, 3.05) is 16.0 Å². The quantitative estimate of drug-likeness (QED) is 0.183. The van der Waals surface area contributed by atoms with E-state index in [0.717, 1.165) is 36.9 Å². The zero-order valence-corrected chi connectivity index (χ0v) is 24.0. The first-order chi connectivity index (χ1) is 20.3. The van der Waals surface area contributed by atoms with Crippen LogP contribution < -0.4 is 16.0 Å². The highest BCUT2D eigenvalue weighted by Gasteiger charge is 2.51. The van der Waals surface area contributed by atoms with E-state index >= 15 is 0 Å². The second-order valence-electron chi connectivity index (χ2n) is 10.7. The molecule has 0 atom stereocenters. The molecule has 4 heterocycles. The van der Waals surface area contributed by atoms with Crippen LogP contribution in [0.2, 0.25) is 0 Å². The Balaban J connectivity index is 1.30. The number of hydrogen-bond donors (Lipinski definition) is 3. The minimum absolute atomic E-state index is 0.146. The molecule has 0 fully saturated rings. The van der Waals surface area contributed by atoms with E-state index in [-0.39, 0.29) is 11.9 Å². The predicted octanol–water partition coefficient (Wildman–Crippen LogP) is 7.04. The fourth-order valence-corrected chi connectivity index (χ4v) is 4.05. The number of nitrogens with one attached hydrogen (secondary N) is 3. The summed E-state index contributed by atoms with van der Waals surface area (Å²) in [5, 5.41) is 16.3. The van der Waals surface area contributed by atoms with E-state index in [1.165, 1.54) is 0 Å². The maximum atomic E-state index is 13.3. The van der Waals surface area contributed by atoms with Gasteiger partial charge in [0.15, 0.2) is 17.2 Å². The zero-order chi connectivity index (χ0) is 30.9. The largest absolute Gasteiger partial charge is 0.401 e. The van der Waals surface area contributed by atoms with Gasteiger partial charge in [0.25, 0.3) is 0 Å². The first-order valence-electron chi connectivity index (χ1n) is 13.3. The van der Waals surface area contributed by atoms with Gasteiger partial charge in [-0.2, -0.15) is 18.3 Å². The molecule has 1 aromatic carbocycles. The topological polar surface area (TPSA) is 114 Å². The molecule has 0 aliphatic heterocycles. The van der Waals surface area contributed by atoms with Gasteiger partial charge in [0.2, 0.25) is 0 Å². The van der Waals surface area contributed by atoms with Gasteiger partial charge in [0.1, 0.15) is 11.1 Å². The van der Waals surface area contributed by atoms with Gasteiger partial charge in [-0.05, 0) is 70.4 Å². The molecule has 2 amide bonds. The molecular formula is C30H29F3N8O2. The molecule has 3 N–H and O–H groups in total. The Kier molecular flexibility index (Phi) is 7.62. The fourth-order valence-electron chi connectivity index (χ4n) is 4.05. The molecule has 0 radical (unpaired) electrons. The summed E-state index contributed by atoms with van der Waals surface area (Å²) in [4.78, 5) is 17.1. The van der Waals surface area contributed by atoms with Gasteiger partial charge >= 0.3 is 12.2 Å². The van der Waals surface area contributed by atoms with Crippen LogP contribution in [0.1, 0.15) is 56.3 Å². The molecule has 0 saturated carbocycles. The van der Waals surface area contributed by atoms with E-state index in [0.29, 0.717) is 22.6 Å². The summed E-state index contributed by atoms with van der Waals surface area (Å²) < 4.78 is 48.5. The Morgan fingerprint density at radius 1 is 1.05 bits per heavy atom. The maximum Gasteiger partial charge on any atom is 0.401 e. The van der Waals surface area contributed by atoms with Gasteiger partial charge in [-0.15, -0.1) is 0 Å². The standard InChI is InChI=1S/C30H29F3N8O2/c1-18(2)41-17-22(15-35-41)36-24-7-6-12-40-23(16-34-27(24)40)11-9-20-13-21(10-8-19(20)3)37-28(42)38-26-14-25(43-39-26)29(4,5)30(31,32)33/h6-8,10,12-18,36H,1-5H3,(H2,37,38,39,42). The number of anilines is 4. The molecule has 0 bridgehead atoms. The molecule has 10 nitrogen and oxygen atoms in total. The third kappa shape index (κ3) is 6.18. The van der Waals surface area contributed by atoms with E-state index in [2.05, 4.69) is 56.9 Å². The number of hydrogen-bond acceptors (Lipinski definition) is 6. The summed E-state index contributed by atoms with van der Waals surface area (Å²) in [5.74, 6) is 5.73. The smallest absolute Gasteiger partial charge is 0.358 e. The summed E-state index contributed by atoms with van der Waals surface area (Å²) in [7, 11) is 0. The van der Waals surface area contributed by atoms with Crippen molar-refractivity contribution in [2.24, 2.45) is 0 Å². The average Bonchev–Trinajstić information content (AvgIpc) is 3.69. The van der Waals surface area contributed by atoms with Crippen molar-refractivity contribution in [3.05, 3.63) is 83.8 Å². The van der Waals surface area contributed by atoms with Crippen molar-refractivity contribution in [1.82, 2.24) is 24.3 Å². The van der Waals surface area contributed by atoms with Crippen molar-refractivity contribution < 1.29 is 22.5 Å². The molecule has 5 rings (SSSR count). The second-order valence-corrected chi connectivity index (χ2v) is 10.7. The number of rotatable bonds is 6. The number of alkyl halides is 3. The number of aromatic nitrogens is 5. The summed E-state index contributed by atoms with van der Waals surface area (Å²) in [6, 6.07) is 9.60. The van der Waals surface area contributed by atoms with Crippen LogP contribution in [0.25, 0.3) is 5.65 Å². The Labute approximate surface area is 245 Å². The Hall–Kier alpha value is -5.25. The Morgan fingerprint density at radius 3 is 2.56 bits per heavy atom. The molecule has 0 aliphatic rings. The summed E-state index contributed by atoms with van der Waals surface area (Å²) in [6.45, 7) is 7.94. The Bertz CT molecular complexity index is 1850. The number of amides is 2. The monoisotopic (exact) mass is 590 g/mol. The van der Waals surface area contributed by atoms with Crippen molar-refractivity contribution in [3.8, 4) is 11.8 Å². The number of halogens is 3. The number of fused-ring (bicyclic) bond motifs is 1. The summed E-state index contributed by atoms with van der Waals surface area (Å²) >= 11 is 0. The van der Waals surface area contributed by atoms with Gasteiger partial charge in [0, 0.05) is 35.8 Å². The molecular weight excluding hydrogens is 561 g/mol. The average molecular weight is 591 g/mol. The lowest BCUT2D eigenvalue weighted by Gasteiger charge is -2.24. The number of nitrogens with zero attached hydrogens (tertiary/aromatic N) is 5. The third-order valence-corrected chi connectivity index (χ3v) is 6.84. The van der Waals surface area contributed by atoms with Crippen LogP contribution in [-0.2, 0) is 5.41 Å². The lowest BCUT2D eigenvalue weighted by Crippen LogP contribution is -2.35. The summed E-state index contributed by atoms with van der Waals surface area (Å²) in [6.07, 6.45) is 2.69. The number of pyridine rings is 1. The molecule has 0 aliphatic carbocycles. The highest BCUT2D eigenvalue weighted by atomic mass is 19.4. The lowest BCUT2D eigenvalue weighted by atomic mass is 9.89. The molecule has 43 heavy (non-hydrogen) atoms. The number of benzene rings is 1. The fraction of sp³-hybridized carbons (Fsp3) is 0.267. The van der Waals surface area contributed by atoms with E-state index in [1.54, 1.807) is 30.6 Å². The summed E-state index contributed by atoms with van der Waals surface area (Å²) in [5.41, 5.74) is 2.71. The van der Waals surface area contributed by atoms with Crippen LogP contribution in [0.3, 0.4) is 0 Å². The van der Waals surface area contributed by atoms with Gasteiger partial charge in [0.05, 0.1) is 23.8 Å². The molecule has 4 aromatic heterocycles. The SMILES string of the molecule is Cc1ccc(NC(=O)Nc2cc(C(C)(C)C(F)(F)F)on2)cc1C#Cc1cnc2c(Nc3cnn(C(C)C)c3)cccn12. The minimum Gasteiger partial charge on any atom is -0.358 e. The molecule has 5 aromatic rings. The lowest BCUT2D eigenvalue weighted by molar-refractivity contribution is -0.185. The first-order valence-corrected chi connectivity index (χ1v) is 13.3. The van der Waals surface area contributed by atoms with Crippen LogP contribution in [0.5, 0.6) is 0 Å².